The van der Waals surface area contributed by atoms with Crippen LogP contribution in [0, 0.1) is 5.92 Å². The number of ether oxygens (including phenoxy) is 1. The number of nitrogens with zero attached hydrogens (tertiary/aromatic N) is 4. The Kier molecular flexibility index (Phi) is 4.39. The molecule has 1 aliphatic heterocycles. The summed E-state index contributed by atoms with van der Waals surface area (Å²) in [7, 11) is 0. The largest absolute Gasteiger partial charge is 0.379 e. The predicted octanol–water partition coefficient (Wildman–Crippen LogP) is 1.68. The third-order valence-electron chi connectivity index (χ3n) is 4.45. The lowest BCUT2D eigenvalue weighted by Crippen LogP contribution is -2.36. The highest BCUT2D eigenvalue weighted by atomic mass is 16.5. The van der Waals surface area contributed by atoms with E-state index in [9.17, 15) is 4.79 Å². The molecule has 128 valence electrons. The SMILES string of the molecule is O=C(c1ccncn1)N1CCOCC(Cc2ccc3[nH]ncc3c2)C1. The molecule has 3 aromatic rings. The van der Waals surface area contributed by atoms with Gasteiger partial charge in [-0.3, -0.25) is 9.89 Å². The summed E-state index contributed by atoms with van der Waals surface area (Å²) in [6.45, 7) is 2.44. The van der Waals surface area contributed by atoms with Crippen LogP contribution in [0.1, 0.15) is 16.1 Å². The Morgan fingerprint density at radius 2 is 2.32 bits per heavy atom. The molecule has 3 heterocycles. The summed E-state index contributed by atoms with van der Waals surface area (Å²) < 4.78 is 5.72. The second-order valence-corrected chi connectivity index (χ2v) is 6.28. The van der Waals surface area contributed by atoms with Gasteiger partial charge in [0.05, 0.1) is 24.9 Å². The van der Waals surface area contributed by atoms with Crippen molar-refractivity contribution in [2.45, 2.75) is 6.42 Å². The van der Waals surface area contributed by atoms with Crippen LogP contribution in [0.5, 0.6) is 0 Å². The molecule has 0 radical (unpaired) electrons. The molecule has 0 aliphatic carbocycles. The molecule has 1 saturated heterocycles. The third-order valence-corrected chi connectivity index (χ3v) is 4.45. The number of carbonyl (C=O) groups excluding carboxylic acids is 1. The molecule has 1 aromatic carbocycles. The van der Waals surface area contributed by atoms with Gasteiger partial charge in [-0.2, -0.15) is 5.10 Å². The van der Waals surface area contributed by atoms with Crippen LogP contribution in [0.3, 0.4) is 0 Å². The fourth-order valence-electron chi connectivity index (χ4n) is 3.22. The molecule has 1 amide bonds. The lowest BCUT2D eigenvalue weighted by atomic mass is 9.98. The standard InChI is InChI=1S/C18H19N5O2/c24-18(17-3-4-19-12-20-17)23-5-6-25-11-14(10-23)7-13-1-2-16-15(8-13)9-21-22-16/h1-4,8-9,12,14H,5-7,10-11H2,(H,21,22). The van der Waals surface area contributed by atoms with Crippen LogP contribution in [-0.4, -0.2) is 57.3 Å². The van der Waals surface area contributed by atoms with Crippen LogP contribution in [0.15, 0.2) is 43.0 Å². The molecular formula is C18H19N5O2. The van der Waals surface area contributed by atoms with E-state index in [2.05, 4.69) is 32.3 Å². The second-order valence-electron chi connectivity index (χ2n) is 6.28. The van der Waals surface area contributed by atoms with E-state index in [-0.39, 0.29) is 11.8 Å². The third kappa shape index (κ3) is 3.51. The van der Waals surface area contributed by atoms with Gasteiger partial charge in [0.25, 0.3) is 5.91 Å². The topological polar surface area (TPSA) is 84.0 Å². The number of nitrogens with one attached hydrogen (secondary N) is 1. The van der Waals surface area contributed by atoms with E-state index >= 15 is 0 Å². The molecular weight excluding hydrogens is 318 g/mol. The number of aromatic amines is 1. The predicted molar refractivity (Wildman–Crippen MR) is 92.0 cm³/mol. The van der Waals surface area contributed by atoms with E-state index in [4.69, 9.17) is 4.74 Å². The number of fused-ring (bicyclic) bond motifs is 1. The maximum Gasteiger partial charge on any atom is 0.272 e. The zero-order valence-corrected chi connectivity index (χ0v) is 13.8. The van der Waals surface area contributed by atoms with Crippen molar-refractivity contribution in [3.05, 3.63) is 54.2 Å². The highest BCUT2D eigenvalue weighted by Gasteiger charge is 2.24. The molecule has 1 N–H and O–H groups in total. The van der Waals surface area contributed by atoms with Crippen LogP contribution in [-0.2, 0) is 11.2 Å². The first-order chi connectivity index (χ1) is 12.3. The number of amides is 1. The molecule has 7 heteroatoms. The molecule has 7 nitrogen and oxygen atoms in total. The first kappa shape index (κ1) is 15.7. The molecule has 2 aromatic heterocycles. The van der Waals surface area contributed by atoms with Crippen molar-refractivity contribution in [1.29, 1.82) is 0 Å². The van der Waals surface area contributed by atoms with E-state index in [1.165, 1.54) is 11.9 Å². The van der Waals surface area contributed by atoms with Crippen LogP contribution >= 0.6 is 0 Å². The van der Waals surface area contributed by atoms with Crippen molar-refractivity contribution < 1.29 is 9.53 Å². The maximum absolute atomic E-state index is 12.7. The van der Waals surface area contributed by atoms with Gasteiger partial charge in [-0.15, -0.1) is 0 Å². The Hall–Kier alpha value is -2.80. The molecule has 1 unspecified atom stereocenters. The minimum Gasteiger partial charge on any atom is -0.379 e. The van der Waals surface area contributed by atoms with Crippen molar-refractivity contribution in [2.24, 2.45) is 5.92 Å². The summed E-state index contributed by atoms with van der Waals surface area (Å²) in [4.78, 5) is 22.4. The summed E-state index contributed by atoms with van der Waals surface area (Å²) in [5, 5.41) is 8.12. The Morgan fingerprint density at radius 3 is 3.20 bits per heavy atom. The Morgan fingerprint density at radius 1 is 1.36 bits per heavy atom. The Labute approximate surface area is 145 Å². The summed E-state index contributed by atoms with van der Waals surface area (Å²) in [6, 6.07) is 7.93. The van der Waals surface area contributed by atoms with Crippen molar-refractivity contribution >= 4 is 16.8 Å². The highest BCUT2D eigenvalue weighted by molar-refractivity contribution is 5.92. The molecule has 0 saturated carbocycles. The number of benzene rings is 1. The minimum absolute atomic E-state index is 0.0665. The van der Waals surface area contributed by atoms with Gasteiger partial charge in [0.15, 0.2) is 0 Å². The first-order valence-corrected chi connectivity index (χ1v) is 8.34. The molecule has 0 spiro atoms. The molecule has 1 fully saturated rings. The molecule has 1 atom stereocenters. The van der Waals surface area contributed by atoms with Gasteiger partial charge in [-0.05, 0) is 30.2 Å². The van der Waals surface area contributed by atoms with Gasteiger partial charge in [0.2, 0.25) is 0 Å². The zero-order chi connectivity index (χ0) is 17.1. The van der Waals surface area contributed by atoms with E-state index in [0.717, 1.165) is 17.3 Å². The lowest BCUT2D eigenvalue weighted by Gasteiger charge is -2.23. The lowest BCUT2D eigenvalue weighted by molar-refractivity contribution is 0.0731. The quantitative estimate of drug-likeness (QED) is 0.786. The van der Waals surface area contributed by atoms with Crippen LogP contribution in [0.25, 0.3) is 10.9 Å². The summed E-state index contributed by atoms with van der Waals surface area (Å²) >= 11 is 0. The highest BCUT2D eigenvalue weighted by Crippen LogP contribution is 2.19. The van der Waals surface area contributed by atoms with E-state index in [1.54, 1.807) is 12.3 Å². The van der Waals surface area contributed by atoms with Crippen LogP contribution < -0.4 is 0 Å². The fraction of sp³-hybridized carbons (Fsp3) is 0.333. The zero-order valence-electron chi connectivity index (χ0n) is 13.8. The van der Waals surface area contributed by atoms with Gasteiger partial charge in [-0.1, -0.05) is 6.07 Å². The average Bonchev–Trinajstić information content (AvgIpc) is 2.99. The Balaban J connectivity index is 1.48. The molecule has 1 aliphatic rings. The van der Waals surface area contributed by atoms with Gasteiger partial charge in [-0.25, -0.2) is 9.97 Å². The molecule has 25 heavy (non-hydrogen) atoms. The number of carbonyl (C=O) groups is 1. The van der Waals surface area contributed by atoms with Crippen molar-refractivity contribution in [3.8, 4) is 0 Å². The van der Waals surface area contributed by atoms with Gasteiger partial charge < -0.3 is 9.64 Å². The molecule has 0 bridgehead atoms. The van der Waals surface area contributed by atoms with Crippen molar-refractivity contribution in [1.82, 2.24) is 25.1 Å². The summed E-state index contributed by atoms with van der Waals surface area (Å²) in [5.41, 5.74) is 2.68. The van der Waals surface area contributed by atoms with E-state index in [0.29, 0.717) is 32.0 Å². The van der Waals surface area contributed by atoms with Gasteiger partial charge >= 0.3 is 0 Å². The number of H-pyrrole nitrogens is 1. The second kappa shape index (κ2) is 6.98. The smallest absolute Gasteiger partial charge is 0.272 e. The van der Waals surface area contributed by atoms with E-state index < -0.39 is 0 Å². The van der Waals surface area contributed by atoms with Crippen molar-refractivity contribution in [2.75, 3.05) is 26.3 Å². The van der Waals surface area contributed by atoms with Crippen LogP contribution in [0.2, 0.25) is 0 Å². The van der Waals surface area contributed by atoms with E-state index in [1.807, 2.05) is 17.2 Å². The summed E-state index contributed by atoms with van der Waals surface area (Å²) in [5.74, 6) is 0.181. The first-order valence-electron chi connectivity index (χ1n) is 8.34. The average molecular weight is 337 g/mol. The fourth-order valence-corrected chi connectivity index (χ4v) is 3.22. The van der Waals surface area contributed by atoms with Crippen LogP contribution in [0.4, 0.5) is 0 Å². The van der Waals surface area contributed by atoms with Crippen molar-refractivity contribution in [3.63, 3.8) is 0 Å². The summed E-state index contributed by atoms with van der Waals surface area (Å²) in [6.07, 6.45) is 5.67. The molecule has 4 rings (SSSR count). The normalized spacial score (nSPS) is 18.2. The monoisotopic (exact) mass is 337 g/mol. The Bertz CT molecular complexity index is 864. The maximum atomic E-state index is 12.7. The number of hydrogen-bond donors (Lipinski definition) is 1. The minimum atomic E-state index is -0.0665. The van der Waals surface area contributed by atoms with Gasteiger partial charge in [0, 0.05) is 30.6 Å². The number of aromatic nitrogens is 4. The number of rotatable bonds is 3. The van der Waals surface area contributed by atoms with Gasteiger partial charge in [0.1, 0.15) is 12.0 Å². The number of hydrogen-bond acceptors (Lipinski definition) is 5.